The number of amides is 2. The Labute approximate surface area is 132 Å². The first-order chi connectivity index (χ1) is 10.7. The molecule has 1 aliphatic rings. The van der Waals surface area contributed by atoms with Crippen LogP contribution in [-0.2, 0) is 6.42 Å². The molecule has 1 aliphatic heterocycles. The quantitative estimate of drug-likeness (QED) is 0.896. The highest BCUT2D eigenvalue weighted by atomic mass is 32.1. The van der Waals surface area contributed by atoms with Crippen LogP contribution in [0.25, 0.3) is 0 Å². The van der Waals surface area contributed by atoms with Gasteiger partial charge in [-0.3, -0.25) is 10.4 Å². The molecule has 2 amide bonds. The lowest BCUT2D eigenvalue weighted by Gasteiger charge is -2.15. The van der Waals surface area contributed by atoms with Gasteiger partial charge in [-0.25, -0.2) is 14.8 Å². The Morgan fingerprint density at radius 3 is 3.09 bits per heavy atom. The predicted octanol–water partition coefficient (Wildman–Crippen LogP) is 1.94. The Bertz CT molecular complexity index is 652. The first kappa shape index (κ1) is 14.9. The fourth-order valence-electron chi connectivity index (χ4n) is 2.50. The van der Waals surface area contributed by atoms with E-state index in [1.807, 2.05) is 6.92 Å². The van der Waals surface area contributed by atoms with E-state index in [-0.39, 0.29) is 11.9 Å². The van der Waals surface area contributed by atoms with Crippen molar-refractivity contribution in [1.82, 2.24) is 29.4 Å². The number of anilines is 1. The molecule has 0 unspecified atom stereocenters. The number of aromatic amines is 1. The number of aryl methyl sites for hydroxylation is 2. The lowest BCUT2D eigenvalue weighted by molar-refractivity contribution is 0.222. The Hall–Kier alpha value is -2.03. The fraction of sp³-hybridized carbons (Fsp3) is 0.615. The van der Waals surface area contributed by atoms with Crippen molar-refractivity contribution >= 4 is 22.7 Å². The van der Waals surface area contributed by atoms with Crippen LogP contribution in [0.15, 0.2) is 0 Å². The molecule has 3 heterocycles. The van der Waals surface area contributed by atoms with Crippen LogP contribution >= 0.6 is 11.5 Å². The lowest BCUT2D eigenvalue weighted by Crippen LogP contribution is -2.32. The standard InChI is InChI=1S/C13H19N7OS/c1-3-4-10-15-12(22-19-10)16-13(21)20-6-5-9(7-20)11-14-8(2)17-18-11/h9H,3-7H2,1-2H3,(H,14,17,18)(H,15,16,19,21)/t9-/m1/s1. The number of rotatable bonds is 4. The first-order valence-electron chi connectivity index (χ1n) is 7.43. The van der Waals surface area contributed by atoms with Crippen molar-refractivity contribution in [2.75, 3.05) is 18.4 Å². The minimum Gasteiger partial charge on any atom is -0.324 e. The van der Waals surface area contributed by atoms with E-state index in [1.165, 1.54) is 11.5 Å². The van der Waals surface area contributed by atoms with Crippen LogP contribution < -0.4 is 5.32 Å². The molecule has 2 N–H and O–H groups in total. The Morgan fingerprint density at radius 2 is 2.36 bits per heavy atom. The maximum Gasteiger partial charge on any atom is 0.323 e. The zero-order valence-corrected chi connectivity index (χ0v) is 13.5. The maximum atomic E-state index is 12.3. The molecule has 0 saturated carbocycles. The Kier molecular flexibility index (Phi) is 4.32. The van der Waals surface area contributed by atoms with E-state index in [4.69, 9.17) is 0 Å². The number of hydrogen-bond donors (Lipinski definition) is 2. The van der Waals surface area contributed by atoms with E-state index in [2.05, 4.69) is 36.8 Å². The average Bonchev–Trinajstić information content (AvgIpc) is 3.19. The average molecular weight is 321 g/mol. The normalized spacial score (nSPS) is 17.9. The second-order valence-electron chi connectivity index (χ2n) is 5.41. The van der Waals surface area contributed by atoms with Gasteiger partial charge >= 0.3 is 6.03 Å². The molecule has 9 heteroatoms. The highest BCUT2D eigenvalue weighted by molar-refractivity contribution is 7.09. The highest BCUT2D eigenvalue weighted by Crippen LogP contribution is 2.25. The summed E-state index contributed by atoms with van der Waals surface area (Å²) < 4.78 is 4.22. The summed E-state index contributed by atoms with van der Waals surface area (Å²) in [6.07, 6.45) is 2.71. The molecule has 8 nitrogen and oxygen atoms in total. The molecule has 1 atom stereocenters. The van der Waals surface area contributed by atoms with Gasteiger partial charge in [0.1, 0.15) is 11.6 Å². The molecule has 0 radical (unpaired) electrons. The topological polar surface area (TPSA) is 99.7 Å². The van der Waals surface area contributed by atoms with Gasteiger partial charge in [-0.1, -0.05) is 6.92 Å². The number of H-pyrrole nitrogens is 1. The molecular formula is C13H19N7OS. The second-order valence-corrected chi connectivity index (χ2v) is 6.16. The summed E-state index contributed by atoms with van der Waals surface area (Å²) in [4.78, 5) is 22.7. The van der Waals surface area contributed by atoms with Gasteiger partial charge in [0, 0.05) is 37.0 Å². The number of hydrogen-bond acceptors (Lipinski definition) is 6. The molecule has 2 aromatic rings. The molecule has 118 valence electrons. The molecule has 0 bridgehead atoms. The minimum atomic E-state index is -0.131. The molecule has 0 spiro atoms. The third kappa shape index (κ3) is 3.24. The van der Waals surface area contributed by atoms with Crippen LogP contribution in [0.2, 0.25) is 0 Å². The van der Waals surface area contributed by atoms with Crippen LogP contribution in [0, 0.1) is 6.92 Å². The number of likely N-dealkylation sites (tertiary alicyclic amines) is 1. The van der Waals surface area contributed by atoms with Crippen LogP contribution in [-0.4, -0.2) is 48.6 Å². The van der Waals surface area contributed by atoms with Crippen molar-refractivity contribution in [2.24, 2.45) is 0 Å². The van der Waals surface area contributed by atoms with Crippen molar-refractivity contribution < 1.29 is 4.79 Å². The van der Waals surface area contributed by atoms with Crippen molar-refractivity contribution in [3.8, 4) is 0 Å². The third-order valence-corrected chi connectivity index (χ3v) is 4.28. The predicted molar refractivity (Wildman–Crippen MR) is 83.0 cm³/mol. The Morgan fingerprint density at radius 1 is 1.50 bits per heavy atom. The first-order valence-corrected chi connectivity index (χ1v) is 8.20. The molecule has 3 rings (SSSR count). The van der Waals surface area contributed by atoms with E-state index in [0.717, 1.165) is 36.7 Å². The summed E-state index contributed by atoms with van der Waals surface area (Å²) in [5.74, 6) is 2.57. The van der Waals surface area contributed by atoms with Crippen molar-refractivity contribution in [2.45, 2.75) is 39.0 Å². The summed E-state index contributed by atoms with van der Waals surface area (Å²) in [6.45, 7) is 5.28. The smallest absolute Gasteiger partial charge is 0.323 e. The van der Waals surface area contributed by atoms with Crippen molar-refractivity contribution in [1.29, 1.82) is 0 Å². The Balaban J connectivity index is 1.56. The molecule has 22 heavy (non-hydrogen) atoms. The monoisotopic (exact) mass is 321 g/mol. The molecule has 0 aromatic carbocycles. The number of nitrogens with zero attached hydrogens (tertiary/aromatic N) is 5. The largest absolute Gasteiger partial charge is 0.324 e. The third-order valence-electron chi connectivity index (χ3n) is 3.61. The van der Waals surface area contributed by atoms with E-state index in [0.29, 0.717) is 18.2 Å². The van der Waals surface area contributed by atoms with Crippen LogP contribution in [0.1, 0.15) is 43.2 Å². The summed E-state index contributed by atoms with van der Waals surface area (Å²) >= 11 is 1.23. The van der Waals surface area contributed by atoms with Gasteiger partial charge < -0.3 is 4.90 Å². The summed E-state index contributed by atoms with van der Waals surface area (Å²) in [5.41, 5.74) is 0. The second kappa shape index (κ2) is 6.39. The van der Waals surface area contributed by atoms with Gasteiger partial charge in [-0.05, 0) is 19.8 Å². The van der Waals surface area contributed by atoms with Crippen molar-refractivity contribution in [3.05, 3.63) is 17.5 Å². The van der Waals surface area contributed by atoms with Gasteiger partial charge in [0.15, 0.2) is 5.82 Å². The van der Waals surface area contributed by atoms with E-state index in [1.54, 1.807) is 4.90 Å². The van der Waals surface area contributed by atoms with Gasteiger partial charge in [0.25, 0.3) is 0 Å². The minimum absolute atomic E-state index is 0.131. The summed E-state index contributed by atoms with van der Waals surface area (Å²) in [6, 6.07) is -0.131. The van der Waals surface area contributed by atoms with Crippen LogP contribution in [0.5, 0.6) is 0 Å². The van der Waals surface area contributed by atoms with Gasteiger partial charge in [0.2, 0.25) is 5.13 Å². The van der Waals surface area contributed by atoms with Gasteiger partial charge in [-0.2, -0.15) is 9.47 Å². The number of carbonyl (C=O) groups excluding carboxylic acids is 1. The highest BCUT2D eigenvalue weighted by Gasteiger charge is 2.30. The summed E-state index contributed by atoms with van der Waals surface area (Å²) in [5, 5.41) is 10.4. The zero-order chi connectivity index (χ0) is 15.5. The van der Waals surface area contributed by atoms with E-state index >= 15 is 0 Å². The number of urea groups is 1. The number of aromatic nitrogens is 5. The van der Waals surface area contributed by atoms with Gasteiger partial charge in [0.05, 0.1) is 0 Å². The van der Waals surface area contributed by atoms with Crippen molar-refractivity contribution in [3.63, 3.8) is 0 Å². The van der Waals surface area contributed by atoms with Crippen LogP contribution in [0.3, 0.4) is 0 Å². The summed E-state index contributed by atoms with van der Waals surface area (Å²) in [7, 11) is 0. The molecular weight excluding hydrogens is 302 g/mol. The van der Waals surface area contributed by atoms with E-state index < -0.39 is 0 Å². The van der Waals surface area contributed by atoms with Crippen LogP contribution in [0.4, 0.5) is 9.93 Å². The molecule has 0 aliphatic carbocycles. The van der Waals surface area contributed by atoms with E-state index in [9.17, 15) is 4.79 Å². The molecule has 1 fully saturated rings. The zero-order valence-electron chi connectivity index (χ0n) is 12.7. The fourth-order valence-corrected chi connectivity index (χ4v) is 3.10. The molecule has 1 saturated heterocycles. The molecule has 2 aromatic heterocycles. The number of nitrogens with one attached hydrogen (secondary N) is 2. The lowest BCUT2D eigenvalue weighted by atomic mass is 10.1. The SMILES string of the molecule is CCCc1nsc(NC(=O)N2CC[C@@H](c3n[nH]c(C)n3)C2)n1. The van der Waals surface area contributed by atoms with Gasteiger partial charge in [-0.15, -0.1) is 0 Å². The maximum absolute atomic E-state index is 12.3. The number of carbonyl (C=O) groups is 1.